The Morgan fingerprint density at radius 3 is 2.91 bits per heavy atom. The van der Waals surface area contributed by atoms with Crippen LogP contribution in [0.4, 0.5) is 0 Å². The Morgan fingerprint density at radius 1 is 1.73 bits per heavy atom. The van der Waals surface area contributed by atoms with Gasteiger partial charge in [0.25, 0.3) is 0 Å². The predicted octanol–water partition coefficient (Wildman–Crippen LogP) is 2.50. The molecule has 0 aromatic carbocycles. The molecule has 1 saturated carbocycles. The van der Waals surface area contributed by atoms with Crippen LogP contribution in [0.25, 0.3) is 0 Å². The van der Waals surface area contributed by atoms with Crippen molar-refractivity contribution in [3.8, 4) is 0 Å². The van der Waals surface area contributed by atoms with Gasteiger partial charge >= 0.3 is 0 Å². The summed E-state index contributed by atoms with van der Waals surface area (Å²) in [7, 11) is 0. The molecule has 1 fully saturated rings. The number of Topliss-reactive ketones (excluding diaryl/α,β-unsaturated/α-hetero) is 1. The molecule has 1 aromatic heterocycles. The van der Waals surface area contributed by atoms with Crippen molar-refractivity contribution in [1.29, 1.82) is 0 Å². The molecule has 0 saturated heterocycles. The van der Waals surface area contributed by atoms with E-state index in [4.69, 9.17) is 0 Å². The van der Waals surface area contributed by atoms with E-state index in [0.717, 1.165) is 17.3 Å². The highest BCUT2D eigenvalue weighted by Gasteiger charge is 2.32. The molecule has 4 heteroatoms. The second-order valence-corrected chi connectivity index (χ2v) is 4.13. The van der Waals surface area contributed by atoms with Crippen molar-refractivity contribution in [2.24, 2.45) is 5.92 Å². The first kappa shape index (κ1) is 7.43. The van der Waals surface area contributed by atoms with E-state index in [1.807, 2.05) is 5.38 Å². The first-order valence-corrected chi connectivity index (χ1v) is 5.06. The molecule has 1 heterocycles. The topological polar surface area (TPSA) is 30.0 Å². The van der Waals surface area contributed by atoms with Crippen molar-refractivity contribution in [1.82, 2.24) is 4.37 Å². The van der Waals surface area contributed by atoms with Gasteiger partial charge in [-0.3, -0.25) is 4.79 Å². The van der Waals surface area contributed by atoms with Crippen molar-refractivity contribution in [3.63, 3.8) is 0 Å². The molecule has 0 bridgehead atoms. The normalized spacial score (nSPS) is 16.8. The van der Waals surface area contributed by atoms with Gasteiger partial charge in [-0.1, -0.05) is 0 Å². The molecule has 0 aliphatic heterocycles. The smallest absolute Gasteiger partial charge is 0.186 e. The van der Waals surface area contributed by atoms with E-state index < -0.39 is 0 Å². The lowest BCUT2D eigenvalue weighted by atomic mass is 10.2. The fourth-order valence-electron chi connectivity index (χ4n) is 0.926. The van der Waals surface area contributed by atoms with Gasteiger partial charge < -0.3 is 0 Å². The second kappa shape index (κ2) is 2.68. The van der Waals surface area contributed by atoms with Crippen molar-refractivity contribution in [2.75, 3.05) is 0 Å². The van der Waals surface area contributed by atoms with E-state index >= 15 is 0 Å². The Balaban J connectivity index is 2.27. The van der Waals surface area contributed by atoms with Crippen molar-refractivity contribution >= 4 is 33.2 Å². The van der Waals surface area contributed by atoms with Crippen LogP contribution < -0.4 is 0 Å². The van der Waals surface area contributed by atoms with Gasteiger partial charge in [-0.05, 0) is 40.3 Å². The number of carbonyl (C=O) groups excluding carboxylic acids is 1. The third-order valence-electron chi connectivity index (χ3n) is 1.71. The summed E-state index contributed by atoms with van der Waals surface area (Å²) < 4.78 is 4.87. The number of ketones is 1. The molecule has 2 nitrogen and oxygen atoms in total. The average molecular weight is 232 g/mol. The van der Waals surface area contributed by atoms with E-state index in [1.165, 1.54) is 11.5 Å². The van der Waals surface area contributed by atoms with Gasteiger partial charge in [0.2, 0.25) is 0 Å². The lowest BCUT2D eigenvalue weighted by Gasteiger charge is -1.91. The molecular weight excluding hydrogens is 226 g/mol. The molecule has 0 amide bonds. The summed E-state index contributed by atoms with van der Waals surface area (Å²) in [6.45, 7) is 0. The Morgan fingerprint density at radius 2 is 2.45 bits per heavy atom. The van der Waals surface area contributed by atoms with Crippen molar-refractivity contribution < 1.29 is 4.79 Å². The third-order valence-corrected chi connectivity index (χ3v) is 3.24. The van der Waals surface area contributed by atoms with Gasteiger partial charge in [0.15, 0.2) is 5.78 Å². The minimum atomic E-state index is 0.207. The van der Waals surface area contributed by atoms with Crippen LogP contribution >= 0.6 is 27.5 Å². The molecule has 0 unspecified atom stereocenters. The maximum absolute atomic E-state index is 11.4. The molecule has 0 atom stereocenters. The number of hydrogen-bond donors (Lipinski definition) is 0. The second-order valence-electron chi connectivity index (χ2n) is 2.65. The molecule has 1 aliphatic carbocycles. The van der Waals surface area contributed by atoms with E-state index in [9.17, 15) is 4.79 Å². The number of nitrogens with zero attached hydrogens (tertiary/aromatic N) is 1. The van der Waals surface area contributed by atoms with E-state index in [2.05, 4.69) is 20.3 Å². The van der Waals surface area contributed by atoms with Gasteiger partial charge in [-0.25, -0.2) is 0 Å². The molecular formula is C7H6BrNOS. The average Bonchev–Trinajstić information content (AvgIpc) is 2.74. The molecule has 58 valence electrons. The van der Waals surface area contributed by atoms with Gasteiger partial charge in [0.1, 0.15) is 5.69 Å². The first-order valence-electron chi connectivity index (χ1n) is 3.43. The van der Waals surface area contributed by atoms with E-state index in [1.54, 1.807) is 0 Å². The Bertz CT molecular complexity index is 292. The molecule has 1 aliphatic rings. The quantitative estimate of drug-likeness (QED) is 0.733. The largest absolute Gasteiger partial charge is 0.292 e. The molecule has 0 N–H and O–H groups in total. The van der Waals surface area contributed by atoms with Crippen LogP contribution in [0.15, 0.2) is 9.85 Å². The van der Waals surface area contributed by atoms with Crippen LogP contribution in [0, 0.1) is 5.92 Å². The number of carbonyl (C=O) groups is 1. The fraction of sp³-hybridized carbons (Fsp3) is 0.429. The zero-order chi connectivity index (χ0) is 7.84. The lowest BCUT2D eigenvalue weighted by Crippen LogP contribution is -2.01. The summed E-state index contributed by atoms with van der Waals surface area (Å²) in [5, 5.41) is 1.84. The summed E-state index contributed by atoms with van der Waals surface area (Å²) in [6.07, 6.45) is 2.09. The summed E-state index contributed by atoms with van der Waals surface area (Å²) in [5.74, 6) is 0.478. The standard InChI is InChI=1S/C7H6BrNOS/c8-5-3-11-9-6(5)7(10)4-1-2-4/h3-4H,1-2H2. The van der Waals surface area contributed by atoms with Crippen molar-refractivity contribution in [2.45, 2.75) is 12.8 Å². The molecule has 0 radical (unpaired) electrons. The summed E-state index contributed by atoms with van der Waals surface area (Å²) >= 11 is 4.61. The summed E-state index contributed by atoms with van der Waals surface area (Å²) in [4.78, 5) is 11.4. The Labute approximate surface area is 76.9 Å². The minimum absolute atomic E-state index is 0.207. The number of aromatic nitrogens is 1. The fourth-order valence-corrected chi connectivity index (χ4v) is 2.13. The van der Waals surface area contributed by atoms with Crippen LogP contribution in [0.5, 0.6) is 0 Å². The van der Waals surface area contributed by atoms with Crippen LogP contribution in [-0.4, -0.2) is 10.2 Å². The summed E-state index contributed by atoms with van der Waals surface area (Å²) in [6, 6.07) is 0. The van der Waals surface area contributed by atoms with Gasteiger partial charge in [0, 0.05) is 11.3 Å². The van der Waals surface area contributed by atoms with Crippen LogP contribution in [0.3, 0.4) is 0 Å². The molecule has 1 aromatic rings. The Hall–Kier alpha value is -0.220. The highest BCUT2D eigenvalue weighted by Crippen LogP contribution is 2.34. The van der Waals surface area contributed by atoms with Crippen molar-refractivity contribution in [3.05, 3.63) is 15.5 Å². The maximum Gasteiger partial charge on any atom is 0.186 e. The van der Waals surface area contributed by atoms with Gasteiger partial charge in [-0.15, -0.1) is 0 Å². The Kier molecular flexibility index (Phi) is 1.81. The van der Waals surface area contributed by atoms with E-state index in [0.29, 0.717) is 5.69 Å². The molecule has 0 spiro atoms. The number of hydrogen-bond acceptors (Lipinski definition) is 3. The highest BCUT2D eigenvalue weighted by atomic mass is 79.9. The SMILES string of the molecule is O=C(c1nscc1Br)C1CC1. The molecule has 11 heavy (non-hydrogen) atoms. The summed E-state index contributed by atoms with van der Waals surface area (Å²) in [5.41, 5.74) is 0.623. The van der Waals surface area contributed by atoms with Crippen LogP contribution in [0.1, 0.15) is 23.3 Å². The number of halogens is 1. The first-order chi connectivity index (χ1) is 5.29. The zero-order valence-electron chi connectivity index (χ0n) is 5.71. The number of rotatable bonds is 2. The predicted molar refractivity (Wildman–Crippen MR) is 46.9 cm³/mol. The highest BCUT2D eigenvalue weighted by molar-refractivity contribution is 9.10. The monoisotopic (exact) mass is 231 g/mol. The maximum atomic E-state index is 11.4. The van der Waals surface area contributed by atoms with Gasteiger partial charge in [0.05, 0.1) is 4.47 Å². The van der Waals surface area contributed by atoms with Crippen LogP contribution in [-0.2, 0) is 0 Å². The third kappa shape index (κ3) is 1.37. The zero-order valence-corrected chi connectivity index (χ0v) is 8.11. The van der Waals surface area contributed by atoms with Gasteiger partial charge in [-0.2, -0.15) is 4.37 Å². The van der Waals surface area contributed by atoms with Crippen LogP contribution in [0.2, 0.25) is 0 Å². The minimum Gasteiger partial charge on any atom is -0.292 e. The van der Waals surface area contributed by atoms with E-state index in [-0.39, 0.29) is 11.7 Å². The lowest BCUT2D eigenvalue weighted by molar-refractivity contribution is 0.0963. The molecule has 2 rings (SSSR count).